The van der Waals surface area contributed by atoms with Crippen LogP contribution in [0, 0.1) is 6.92 Å². The SMILES string of the molecule is Cc1c(C(=O)OC(C)C)cc2cc(-c3ccc(N4CCNCC4)nc3)cn2c1N1CCOCC1. The Hall–Kier alpha value is -3.10. The number of hydrogen-bond acceptors (Lipinski definition) is 7. The molecule has 8 nitrogen and oxygen atoms in total. The van der Waals surface area contributed by atoms with Gasteiger partial charge in [-0.2, -0.15) is 0 Å². The smallest absolute Gasteiger partial charge is 0.338 e. The van der Waals surface area contributed by atoms with Gasteiger partial charge in [0.1, 0.15) is 11.6 Å². The first kappa shape index (κ1) is 22.7. The fraction of sp³-hybridized carbons (Fsp3) is 0.462. The summed E-state index contributed by atoms with van der Waals surface area (Å²) in [6.07, 6.45) is 3.92. The zero-order valence-corrected chi connectivity index (χ0v) is 20.2. The average Bonchev–Trinajstić information content (AvgIpc) is 3.28. The van der Waals surface area contributed by atoms with Crippen molar-refractivity contribution >= 4 is 23.1 Å². The number of aromatic nitrogens is 2. The summed E-state index contributed by atoms with van der Waals surface area (Å²) in [4.78, 5) is 22.3. The van der Waals surface area contributed by atoms with Crippen molar-refractivity contribution in [3.05, 3.63) is 47.8 Å². The highest BCUT2D eigenvalue weighted by Gasteiger charge is 2.23. The monoisotopic (exact) mass is 463 g/mol. The van der Waals surface area contributed by atoms with E-state index in [4.69, 9.17) is 14.5 Å². The van der Waals surface area contributed by atoms with Crippen LogP contribution in [0.15, 0.2) is 36.7 Å². The summed E-state index contributed by atoms with van der Waals surface area (Å²) in [6, 6.07) is 8.30. The lowest BCUT2D eigenvalue weighted by atomic mass is 10.1. The van der Waals surface area contributed by atoms with Gasteiger partial charge in [0, 0.05) is 73.9 Å². The summed E-state index contributed by atoms with van der Waals surface area (Å²) in [7, 11) is 0. The van der Waals surface area contributed by atoms with E-state index in [1.165, 1.54) is 0 Å². The molecule has 3 aromatic rings. The molecule has 3 aromatic heterocycles. The third kappa shape index (κ3) is 4.48. The van der Waals surface area contributed by atoms with Gasteiger partial charge in [0.2, 0.25) is 0 Å². The molecule has 180 valence electrons. The second kappa shape index (κ2) is 9.64. The Morgan fingerprint density at radius 3 is 2.50 bits per heavy atom. The number of anilines is 2. The first-order chi connectivity index (χ1) is 16.5. The molecule has 34 heavy (non-hydrogen) atoms. The quantitative estimate of drug-likeness (QED) is 0.583. The number of carbonyl (C=O) groups excluding carboxylic acids is 1. The molecule has 0 amide bonds. The molecular weight excluding hydrogens is 430 g/mol. The average molecular weight is 464 g/mol. The standard InChI is InChI=1S/C26H33N5O3/c1-18(2)34-26(32)23-15-22-14-21(17-31(22)25(19(23)3)30-10-12-33-13-11-30)20-4-5-24(28-16-20)29-8-6-27-7-9-29/h4-5,14-18,27H,6-13H2,1-3H3. The number of ether oxygens (including phenoxy) is 2. The maximum absolute atomic E-state index is 12.9. The van der Waals surface area contributed by atoms with E-state index in [1.807, 2.05) is 33.0 Å². The van der Waals surface area contributed by atoms with Gasteiger partial charge in [0.05, 0.1) is 24.9 Å². The molecule has 2 aliphatic heterocycles. The van der Waals surface area contributed by atoms with E-state index in [0.717, 1.165) is 73.1 Å². The van der Waals surface area contributed by atoms with E-state index in [2.05, 4.69) is 43.9 Å². The molecule has 2 saturated heterocycles. The molecule has 8 heteroatoms. The van der Waals surface area contributed by atoms with E-state index in [1.54, 1.807) is 0 Å². The summed E-state index contributed by atoms with van der Waals surface area (Å²) < 4.78 is 13.3. The molecular formula is C26H33N5O3. The number of morpholine rings is 1. The first-order valence-electron chi connectivity index (χ1n) is 12.1. The normalized spacial score (nSPS) is 16.9. The van der Waals surface area contributed by atoms with Crippen LogP contribution in [0.3, 0.4) is 0 Å². The van der Waals surface area contributed by atoms with Crippen molar-refractivity contribution in [3.63, 3.8) is 0 Å². The van der Waals surface area contributed by atoms with Crippen molar-refractivity contribution < 1.29 is 14.3 Å². The van der Waals surface area contributed by atoms with Gasteiger partial charge in [-0.25, -0.2) is 9.78 Å². The fourth-order valence-electron chi connectivity index (χ4n) is 4.78. The lowest BCUT2D eigenvalue weighted by molar-refractivity contribution is 0.0377. The number of hydrogen-bond donors (Lipinski definition) is 1. The van der Waals surface area contributed by atoms with Crippen LogP contribution in [0.4, 0.5) is 11.6 Å². The Morgan fingerprint density at radius 2 is 1.82 bits per heavy atom. The van der Waals surface area contributed by atoms with E-state index in [0.29, 0.717) is 18.8 Å². The van der Waals surface area contributed by atoms with Gasteiger partial charge in [0.25, 0.3) is 0 Å². The number of nitrogens with zero attached hydrogens (tertiary/aromatic N) is 4. The minimum Gasteiger partial charge on any atom is -0.459 e. The van der Waals surface area contributed by atoms with Crippen molar-refractivity contribution in [3.8, 4) is 11.1 Å². The molecule has 0 bridgehead atoms. The molecule has 0 aromatic carbocycles. The van der Waals surface area contributed by atoms with Gasteiger partial charge in [-0.15, -0.1) is 0 Å². The van der Waals surface area contributed by atoms with E-state index in [-0.39, 0.29) is 12.1 Å². The maximum atomic E-state index is 12.9. The summed E-state index contributed by atoms with van der Waals surface area (Å²) in [6.45, 7) is 12.6. The zero-order chi connectivity index (χ0) is 23.7. The molecule has 2 fully saturated rings. The van der Waals surface area contributed by atoms with Gasteiger partial charge >= 0.3 is 5.97 Å². The molecule has 5 heterocycles. The second-order valence-corrected chi connectivity index (χ2v) is 9.23. The third-order valence-electron chi connectivity index (χ3n) is 6.51. The Labute approximate surface area is 200 Å². The van der Waals surface area contributed by atoms with Crippen LogP contribution in [-0.2, 0) is 9.47 Å². The predicted molar refractivity (Wildman–Crippen MR) is 134 cm³/mol. The lowest BCUT2D eigenvalue weighted by Gasteiger charge is -2.31. The van der Waals surface area contributed by atoms with Crippen LogP contribution in [-0.4, -0.2) is 73.9 Å². The van der Waals surface area contributed by atoms with Gasteiger partial charge in [0.15, 0.2) is 0 Å². The lowest BCUT2D eigenvalue weighted by Crippen LogP contribution is -2.43. The molecule has 0 atom stereocenters. The summed E-state index contributed by atoms with van der Waals surface area (Å²) >= 11 is 0. The van der Waals surface area contributed by atoms with Crippen LogP contribution >= 0.6 is 0 Å². The van der Waals surface area contributed by atoms with Crippen molar-refractivity contribution in [2.45, 2.75) is 26.9 Å². The van der Waals surface area contributed by atoms with Crippen molar-refractivity contribution in [2.24, 2.45) is 0 Å². The minimum atomic E-state index is -0.283. The van der Waals surface area contributed by atoms with E-state index >= 15 is 0 Å². The zero-order valence-electron chi connectivity index (χ0n) is 20.2. The van der Waals surface area contributed by atoms with Gasteiger partial charge in [-0.1, -0.05) is 0 Å². The number of carbonyl (C=O) groups is 1. The van der Waals surface area contributed by atoms with Crippen LogP contribution in [0.5, 0.6) is 0 Å². The number of pyridine rings is 2. The van der Waals surface area contributed by atoms with Crippen LogP contribution in [0.1, 0.15) is 29.8 Å². The van der Waals surface area contributed by atoms with Gasteiger partial charge in [-0.05, 0) is 45.0 Å². The summed E-state index contributed by atoms with van der Waals surface area (Å²) in [5.74, 6) is 1.75. The van der Waals surface area contributed by atoms with Crippen molar-refractivity contribution in [1.82, 2.24) is 14.7 Å². The van der Waals surface area contributed by atoms with Crippen LogP contribution in [0.25, 0.3) is 16.6 Å². The topological polar surface area (TPSA) is 71.3 Å². The Balaban J connectivity index is 1.55. The highest BCUT2D eigenvalue weighted by Crippen LogP contribution is 2.32. The van der Waals surface area contributed by atoms with Crippen LogP contribution in [0.2, 0.25) is 0 Å². The Bertz CT molecular complexity index is 1160. The third-order valence-corrected chi connectivity index (χ3v) is 6.51. The first-order valence-corrected chi connectivity index (χ1v) is 12.1. The summed E-state index contributed by atoms with van der Waals surface area (Å²) in [5, 5.41) is 3.38. The molecule has 0 saturated carbocycles. The number of rotatable bonds is 5. The fourth-order valence-corrected chi connectivity index (χ4v) is 4.78. The number of fused-ring (bicyclic) bond motifs is 1. The minimum absolute atomic E-state index is 0.169. The largest absolute Gasteiger partial charge is 0.459 e. The van der Waals surface area contributed by atoms with E-state index < -0.39 is 0 Å². The van der Waals surface area contributed by atoms with Gasteiger partial charge < -0.3 is 29.0 Å². The molecule has 2 aliphatic rings. The molecule has 0 spiro atoms. The number of esters is 1. The predicted octanol–water partition coefficient (Wildman–Crippen LogP) is 3.12. The van der Waals surface area contributed by atoms with E-state index in [9.17, 15) is 4.79 Å². The Morgan fingerprint density at radius 1 is 1.06 bits per heavy atom. The Kier molecular flexibility index (Phi) is 6.43. The van der Waals surface area contributed by atoms with Crippen molar-refractivity contribution in [1.29, 1.82) is 0 Å². The van der Waals surface area contributed by atoms with Crippen LogP contribution < -0.4 is 15.1 Å². The molecule has 5 rings (SSSR count). The van der Waals surface area contributed by atoms with Gasteiger partial charge in [-0.3, -0.25) is 0 Å². The molecule has 0 unspecified atom stereocenters. The molecule has 1 N–H and O–H groups in total. The highest BCUT2D eigenvalue weighted by molar-refractivity contribution is 5.95. The maximum Gasteiger partial charge on any atom is 0.338 e. The second-order valence-electron chi connectivity index (χ2n) is 9.23. The summed E-state index contributed by atoms with van der Waals surface area (Å²) in [5.41, 5.74) is 4.63. The van der Waals surface area contributed by atoms with Crippen molar-refractivity contribution in [2.75, 3.05) is 62.3 Å². The highest BCUT2D eigenvalue weighted by atomic mass is 16.5. The molecule has 0 radical (unpaired) electrons. The number of nitrogens with one attached hydrogen (secondary N) is 1. The number of piperazine rings is 1. The molecule has 0 aliphatic carbocycles.